The van der Waals surface area contributed by atoms with Gasteiger partial charge in [-0.2, -0.15) is 0 Å². The van der Waals surface area contributed by atoms with Crippen LogP contribution >= 0.6 is 0 Å². The standard InChI is InChI=1S/C16H20N4O2/c1-3-10(2)14(20-16(17)22)15(21)19-12-8-11-6-4-5-7-13(11)18-9-12/h4-10,14H,3H2,1-2H3,(H,19,21)(H3,17,20,22)/t10-,14-/m1/s1. The highest BCUT2D eigenvalue weighted by Gasteiger charge is 2.25. The first kappa shape index (κ1) is 15.8. The molecule has 1 aromatic heterocycles. The van der Waals surface area contributed by atoms with Gasteiger partial charge >= 0.3 is 6.03 Å². The molecule has 3 amide bonds. The molecule has 1 heterocycles. The molecule has 6 heteroatoms. The number of urea groups is 1. The Morgan fingerprint density at radius 3 is 2.73 bits per heavy atom. The second-order valence-corrected chi connectivity index (χ2v) is 5.28. The van der Waals surface area contributed by atoms with E-state index in [1.807, 2.05) is 44.2 Å². The number of carbonyl (C=O) groups is 2. The van der Waals surface area contributed by atoms with Crippen LogP contribution in [0.2, 0.25) is 0 Å². The third-order valence-corrected chi connectivity index (χ3v) is 3.65. The van der Waals surface area contributed by atoms with E-state index in [0.29, 0.717) is 5.69 Å². The van der Waals surface area contributed by atoms with E-state index < -0.39 is 12.1 Å². The lowest BCUT2D eigenvalue weighted by Crippen LogP contribution is -2.49. The Labute approximate surface area is 129 Å². The van der Waals surface area contributed by atoms with Gasteiger partial charge in [0.15, 0.2) is 0 Å². The third-order valence-electron chi connectivity index (χ3n) is 3.65. The Hall–Kier alpha value is -2.63. The molecule has 0 unspecified atom stereocenters. The smallest absolute Gasteiger partial charge is 0.312 e. The fourth-order valence-corrected chi connectivity index (χ4v) is 2.21. The molecule has 22 heavy (non-hydrogen) atoms. The van der Waals surface area contributed by atoms with Crippen molar-refractivity contribution in [1.82, 2.24) is 10.3 Å². The van der Waals surface area contributed by atoms with Crippen molar-refractivity contribution in [2.45, 2.75) is 26.3 Å². The van der Waals surface area contributed by atoms with E-state index in [4.69, 9.17) is 5.73 Å². The summed E-state index contributed by atoms with van der Waals surface area (Å²) >= 11 is 0. The predicted molar refractivity (Wildman–Crippen MR) is 86.3 cm³/mol. The summed E-state index contributed by atoms with van der Waals surface area (Å²) in [5, 5.41) is 6.21. The van der Waals surface area contributed by atoms with Crippen molar-refractivity contribution in [2.75, 3.05) is 5.32 Å². The van der Waals surface area contributed by atoms with Gasteiger partial charge in [0.05, 0.1) is 17.4 Å². The monoisotopic (exact) mass is 300 g/mol. The molecule has 2 rings (SSSR count). The van der Waals surface area contributed by atoms with Crippen LogP contribution in [-0.4, -0.2) is 23.0 Å². The minimum atomic E-state index is -0.711. The van der Waals surface area contributed by atoms with E-state index in [-0.39, 0.29) is 11.8 Å². The summed E-state index contributed by atoms with van der Waals surface area (Å²) in [5.74, 6) is -0.328. The summed E-state index contributed by atoms with van der Waals surface area (Å²) in [5.41, 5.74) is 6.59. The number of benzene rings is 1. The predicted octanol–water partition coefficient (Wildman–Crippen LogP) is 2.26. The molecule has 0 spiro atoms. The van der Waals surface area contributed by atoms with Crippen LogP contribution in [0.3, 0.4) is 0 Å². The Bertz CT molecular complexity index is 687. The van der Waals surface area contributed by atoms with Gasteiger partial charge in [-0.15, -0.1) is 0 Å². The fraction of sp³-hybridized carbons (Fsp3) is 0.312. The molecule has 0 fully saturated rings. The van der Waals surface area contributed by atoms with Gasteiger partial charge in [0, 0.05) is 5.39 Å². The normalized spacial score (nSPS) is 13.4. The van der Waals surface area contributed by atoms with Crippen LogP contribution in [0, 0.1) is 5.92 Å². The number of nitrogens with two attached hydrogens (primary N) is 1. The van der Waals surface area contributed by atoms with Crippen molar-refractivity contribution in [1.29, 1.82) is 0 Å². The van der Waals surface area contributed by atoms with Crippen LogP contribution in [0.25, 0.3) is 10.9 Å². The molecule has 1 aromatic carbocycles. The molecule has 0 aliphatic carbocycles. The number of carbonyl (C=O) groups excluding carboxylic acids is 2. The largest absolute Gasteiger partial charge is 0.352 e. The van der Waals surface area contributed by atoms with Gasteiger partial charge in [0.2, 0.25) is 5.91 Å². The molecule has 0 aliphatic heterocycles. The van der Waals surface area contributed by atoms with Crippen LogP contribution in [0.5, 0.6) is 0 Å². The minimum absolute atomic E-state index is 0.0269. The molecule has 2 atom stereocenters. The van der Waals surface area contributed by atoms with Gasteiger partial charge in [-0.05, 0) is 18.1 Å². The van der Waals surface area contributed by atoms with E-state index in [0.717, 1.165) is 17.3 Å². The van der Waals surface area contributed by atoms with E-state index in [9.17, 15) is 9.59 Å². The Morgan fingerprint density at radius 2 is 2.05 bits per heavy atom. The molecule has 116 valence electrons. The topological polar surface area (TPSA) is 97.1 Å². The number of amides is 3. The summed E-state index contributed by atoms with van der Waals surface area (Å²) in [6, 6.07) is 8.10. The first-order valence-electron chi connectivity index (χ1n) is 7.23. The first-order chi connectivity index (χ1) is 10.5. The van der Waals surface area contributed by atoms with E-state index >= 15 is 0 Å². The Morgan fingerprint density at radius 1 is 1.32 bits per heavy atom. The highest BCUT2D eigenvalue weighted by atomic mass is 16.2. The molecule has 0 bridgehead atoms. The van der Waals surface area contributed by atoms with Gasteiger partial charge in [-0.3, -0.25) is 9.78 Å². The number of anilines is 1. The summed E-state index contributed by atoms with van der Waals surface area (Å²) in [4.78, 5) is 27.7. The maximum Gasteiger partial charge on any atom is 0.312 e. The highest BCUT2D eigenvalue weighted by molar-refractivity contribution is 5.98. The number of para-hydroxylation sites is 1. The number of hydrogen-bond donors (Lipinski definition) is 3. The van der Waals surface area contributed by atoms with Crippen molar-refractivity contribution in [3.63, 3.8) is 0 Å². The minimum Gasteiger partial charge on any atom is -0.352 e. The zero-order valence-corrected chi connectivity index (χ0v) is 12.7. The van der Waals surface area contributed by atoms with Gasteiger partial charge in [-0.1, -0.05) is 38.5 Å². The summed E-state index contributed by atoms with van der Waals surface area (Å²) in [6.07, 6.45) is 2.34. The molecule has 6 nitrogen and oxygen atoms in total. The molecule has 0 saturated heterocycles. The molecule has 4 N–H and O–H groups in total. The number of pyridine rings is 1. The number of aromatic nitrogens is 1. The maximum absolute atomic E-state index is 12.4. The Kier molecular flexibility index (Phi) is 4.93. The van der Waals surface area contributed by atoms with Gasteiger partial charge in [-0.25, -0.2) is 4.79 Å². The number of nitrogens with zero attached hydrogens (tertiary/aromatic N) is 1. The molecule has 0 saturated carbocycles. The van der Waals surface area contributed by atoms with Crippen molar-refractivity contribution in [2.24, 2.45) is 11.7 Å². The maximum atomic E-state index is 12.4. The quantitative estimate of drug-likeness (QED) is 0.790. The molecular formula is C16H20N4O2. The number of primary amides is 1. The molecule has 2 aromatic rings. The van der Waals surface area contributed by atoms with Gasteiger partial charge < -0.3 is 16.4 Å². The second kappa shape index (κ2) is 6.89. The van der Waals surface area contributed by atoms with E-state index in [1.165, 1.54) is 0 Å². The summed E-state index contributed by atoms with van der Waals surface area (Å²) in [6.45, 7) is 3.84. The fourth-order valence-electron chi connectivity index (χ4n) is 2.21. The third kappa shape index (κ3) is 3.72. The molecule has 0 radical (unpaired) electrons. The van der Waals surface area contributed by atoms with Gasteiger partial charge in [0.1, 0.15) is 6.04 Å². The van der Waals surface area contributed by atoms with Crippen molar-refractivity contribution < 1.29 is 9.59 Å². The Balaban J connectivity index is 2.18. The van der Waals surface area contributed by atoms with Crippen molar-refractivity contribution in [3.8, 4) is 0 Å². The van der Waals surface area contributed by atoms with Crippen LogP contribution < -0.4 is 16.4 Å². The first-order valence-corrected chi connectivity index (χ1v) is 7.23. The van der Waals surface area contributed by atoms with Gasteiger partial charge in [0.25, 0.3) is 0 Å². The summed E-state index contributed by atoms with van der Waals surface area (Å²) in [7, 11) is 0. The van der Waals surface area contributed by atoms with E-state index in [1.54, 1.807) is 6.20 Å². The van der Waals surface area contributed by atoms with E-state index in [2.05, 4.69) is 15.6 Å². The number of fused-ring (bicyclic) bond motifs is 1. The lowest BCUT2D eigenvalue weighted by atomic mass is 9.98. The van der Waals surface area contributed by atoms with Crippen LogP contribution in [0.15, 0.2) is 36.5 Å². The summed E-state index contributed by atoms with van der Waals surface area (Å²) < 4.78 is 0. The number of rotatable bonds is 5. The molecular weight excluding hydrogens is 280 g/mol. The zero-order valence-electron chi connectivity index (χ0n) is 12.7. The lowest BCUT2D eigenvalue weighted by Gasteiger charge is -2.22. The molecule has 0 aliphatic rings. The zero-order chi connectivity index (χ0) is 16.1. The van der Waals surface area contributed by atoms with Crippen LogP contribution in [-0.2, 0) is 4.79 Å². The number of nitrogens with one attached hydrogen (secondary N) is 2. The highest BCUT2D eigenvalue weighted by Crippen LogP contribution is 2.17. The van der Waals surface area contributed by atoms with Crippen LogP contribution in [0.1, 0.15) is 20.3 Å². The lowest BCUT2D eigenvalue weighted by molar-refractivity contribution is -0.119. The average molecular weight is 300 g/mol. The van der Waals surface area contributed by atoms with Crippen molar-refractivity contribution >= 4 is 28.5 Å². The SMILES string of the molecule is CC[C@@H](C)[C@@H](NC(N)=O)C(=O)Nc1cnc2ccccc2c1. The van der Waals surface area contributed by atoms with Crippen LogP contribution in [0.4, 0.5) is 10.5 Å². The second-order valence-electron chi connectivity index (χ2n) is 5.28. The van der Waals surface area contributed by atoms with Crippen molar-refractivity contribution in [3.05, 3.63) is 36.5 Å². The average Bonchev–Trinajstić information content (AvgIpc) is 2.51. The number of hydrogen-bond acceptors (Lipinski definition) is 3.